The Morgan fingerprint density at radius 1 is 1.25 bits per heavy atom. The van der Waals surface area contributed by atoms with Gasteiger partial charge >= 0.3 is 0 Å². The molecule has 0 aromatic rings. The Labute approximate surface area is 74.0 Å². The molecule has 0 aliphatic carbocycles. The summed E-state index contributed by atoms with van der Waals surface area (Å²) in [6.07, 6.45) is 1.19. The number of hydrogen-bond acceptors (Lipinski definition) is 3. The monoisotopic (exact) mass is 174 g/mol. The zero-order chi connectivity index (χ0) is 9.14. The topological polar surface area (TPSA) is 27.7 Å². The van der Waals surface area contributed by atoms with Crippen LogP contribution < -0.4 is 0 Å². The van der Waals surface area contributed by atoms with Crippen LogP contribution in [0.5, 0.6) is 0 Å². The third-order valence-electron chi connectivity index (χ3n) is 2.59. The molecule has 1 rings (SSSR count). The third-order valence-corrected chi connectivity index (χ3v) is 2.59. The number of methoxy groups -OCH3 is 2. The second-order valence-corrected chi connectivity index (χ2v) is 3.25. The number of ether oxygens (including phenoxy) is 3. The van der Waals surface area contributed by atoms with E-state index < -0.39 is 0 Å². The van der Waals surface area contributed by atoms with Crippen LogP contribution in [0, 0.1) is 5.92 Å². The summed E-state index contributed by atoms with van der Waals surface area (Å²) >= 11 is 0. The molecule has 0 aromatic carbocycles. The van der Waals surface area contributed by atoms with E-state index in [1.54, 1.807) is 14.2 Å². The molecule has 1 heterocycles. The van der Waals surface area contributed by atoms with Crippen molar-refractivity contribution in [2.45, 2.75) is 38.8 Å². The maximum Gasteiger partial charge on any atom is 0.184 e. The van der Waals surface area contributed by atoms with Gasteiger partial charge in [0.25, 0.3) is 0 Å². The lowest BCUT2D eigenvalue weighted by Gasteiger charge is -2.17. The molecule has 1 saturated heterocycles. The van der Waals surface area contributed by atoms with Crippen molar-refractivity contribution in [3.63, 3.8) is 0 Å². The van der Waals surface area contributed by atoms with Crippen molar-refractivity contribution in [2.75, 3.05) is 14.2 Å². The van der Waals surface area contributed by atoms with Gasteiger partial charge in [-0.2, -0.15) is 0 Å². The molecule has 0 saturated carbocycles. The average molecular weight is 174 g/mol. The van der Waals surface area contributed by atoms with E-state index in [1.165, 1.54) is 0 Å². The molecule has 3 nitrogen and oxygen atoms in total. The Kier molecular flexibility index (Phi) is 3.50. The van der Waals surface area contributed by atoms with Gasteiger partial charge in [0.15, 0.2) is 6.29 Å². The standard InChI is InChI=1S/C9H18O3/c1-5-7-6(2)8(10-3)9(11-4)12-7/h6-9H,5H2,1-4H3/t6?,7-,8+,9-/m1/s1. The van der Waals surface area contributed by atoms with Crippen LogP contribution in [0.15, 0.2) is 0 Å². The lowest BCUT2D eigenvalue weighted by Crippen LogP contribution is -2.29. The van der Waals surface area contributed by atoms with Gasteiger partial charge < -0.3 is 14.2 Å². The summed E-state index contributed by atoms with van der Waals surface area (Å²) in [6.45, 7) is 4.26. The summed E-state index contributed by atoms with van der Waals surface area (Å²) < 4.78 is 16.1. The number of rotatable bonds is 3. The number of hydrogen-bond donors (Lipinski definition) is 0. The van der Waals surface area contributed by atoms with Gasteiger partial charge in [-0.3, -0.25) is 0 Å². The fourth-order valence-corrected chi connectivity index (χ4v) is 1.82. The molecule has 0 radical (unpaired) electrons. The van der Waals surface area contributed by atoms with E-state index in [2.05, 4.69) is 13.8 Å². The molecule has 12 heavy (non-hydrogen) atoms. The van der Waals surface area contributed by atoms with Crippen molar-refractivity contribution in [1.82, 2.24) is 0 Å². The molecule has 4 atom stereocenters. The second kappa shape index (κ2) is 4.21. The minimum absolute atomic E-state index is 0.0833. The van der Waals surface area contributed by atoms with Crippen LogP contribution in [0.3, 0.4) is 0 Å². The molecule has 0 spiro atoms. The molecule has 0 aromatic heterocycles. The molecule has 3 heteroatoms. The van der Waals surface area contributed by atoms with E-state index in [0.717, 1.165) is 6.42 Å². The largest absolute Gasteiger partial charge is 0.376 e. The van der Waals surface area contributed by atoms with E-state index in [9.17, 15) is 0 Å². The molecule has 1 unspecified atom stereocenters. The highest BCUT2D eigenvalue weighted by Crippen LogP contribution is 2.30. The van der Waals surface area contributed by atoms with Gasteiger partial charge in [-0.25, -0.2) is 0 Å². The quantitative estimate of drug-likeness (QED) is 0.647. The van der Waals surface area contributed by atoms with Crippen molar-refractivity contribution in [3.05, 3.63) is 0 Å². The zero-order valence-corrected chi connectivity index (χ0v) is 8.24. The maximum atomic E-state index is 5.63. The highest BCUT2D eigenvalue weighted by Gasteiger charge is 2.41. The van der Waals surface area contributed by atoms with Crippen molar-refractivity contribution in [1.29, 1.82) is 0 Å². The minimum Gasteiger partial charge on any atom is -0.376 e. The van der Waals surface area contributed by atoms with Gasteiger partial charge in [0.1, 0.15) is 6.10 Å². The molecule has 0 bridgehead atoms. The van der Waals surface area contributed by atoms with Crippen LogP contribution in [-0.2, 0) is 14.2 Å². The van der Waals surface area contributed by atoms with Gasteiger partial charge in [0.05, 0.1) is 6.10 Å². The summed E-state index contributed by atoms with van der Waals surface area (Å²) in [6, 6.07) is 0. The molecule has 1 fully saturated rings. The van der Waals surface area contributed by atoms with E-state index >= 15 is 0 Å². The van der Waals surface area contributed by atoms with Crippen molar-refractivity contribution in [2.24, 2.45) is 5.92 Å². The summed E-state index contributed by atoms with van der Waals surface area (Å²) in [4.78, 5) is 0. The SMILES string of the molecule is CC[C@H]1O[C@@H](OC)[C@@H](OC)C1C. The first-order valence-corrected chi connectivity index (χ1v) is 4.45. The maximum absolute atomic E-state index is 5.63. The predicted octanol–water partition coefficient (Wildman–Crippen LogP) is 1.42. The van der Waals surface area contributed by atoms with Gasteiger partial charge in [0, 0.05) is 20.1 Å². The minimum atomic E-state index is -0.185. The van der Waals surface area contributed by atoms with Crippen LogP contribution in [-0.4, -0.2) is 32.7 Å². The van der Waals surface area contributed by atoms with E-state index in [-0.39, 0.29) is 18.5 Å². The van der Waals surface area contributed by atoms with Crippen LogP contribution in [0.25, 0.3) is 0 Å². The van der Waals surface area contributed by atoms with Crippen molar-refractivity contribution in [3.8, 4) is 0 Å². The lowest BCUT2D eigenvalue weighted by molar-refractivity contribution is -0.155. The predicted molar refractivity (Wildman–Crippen MR) is 45.9 cm³/mol. The average Bonchev–Trinajstić information content (AvgIpc) is 2.41. The van der Waals surface area contributed by atoms with Crippen LogP contribution in [0.4, 0.5) is 0 Å². The molecule has 0 amide bonds. The van der Waals surface area contributed by atoms with Gasteiger partial charge in [-0.05, 0) is 6.42 Å². The third kappa shape index (κ3) is 1.63. The van der Waals surface area contributed by atoms with Gasteiger partial charge in [-0.15, -0.1) is 0 Å². The van der Waals surface area contributed by atoms with E-state index in [0.29, 0.717) is 5.92 Å². The van der Waals surface area contributed by atoms with Crippen LogP contribution in [0.1, 0.15) is 20.3 Å². The fraction of sp³-hybridized carbons (Fsp3) is 1.00. The Bertz CT molecular complexity index is 136. The summed E-state index contributed by atoms with van der Waals surface area (Å²) in [5, 5.41) is 0. The fourth-order valence-electron chi connectivity index (χ4n) is 1.82. The first-order valence-electron chi connectivity index (χ1n) is 4.45. The first-order chi connectivity index (χ1) is 5.74. The molecular weight excluding hydrogens is 156 g/mol. The van der Waals surface area contributed by atoms with Gasteiger partial charge in [-0.1, -0.05) is 13.8 Å². The molecule has 72 valence electrons. The Hall–Kier alpha value is -0.120. The lowest BCUT2D eigenvalue weighted by atomic mass is 9.99. The summed E-state index contributed by atoms with van der Waals surface area (Å²) in [7, 11) is 3.36. The van der Waals surface area contributed by atoms with E-state index in [1.807, 2.05) is 0 Å². The smallest absolute Gasteiger partial charge is 0.184 e. The Morgan fingerprint density at radius 2 is 1.92 bits per heavy atom. The van der Waals surface area contributed by atoms with Gasteiger partial charge in [0.2, 0.25) is 0 Å². The summed E-state index contributed by atoms with van der Waals surface area (Å²) in [5.74, 6) is 0.421. The first kappa shape index (κ1) is 9.96. The zero-order valence-electron chi connectivity index (χ0n) is 8.24. The van der Waals surface area contributed by atoms with Crippen LogP contribution in [0.2, 0.25) is 0 Å². The molecule has 1 aliphatic heterocycles. The molecular formula is C9H18O3. The van der Waals surface area contributed by atoms with Crippen LogP contribution >= 0.6 is 0 Å². The second-order valence-electron chi connectivity index (χ2n) is 3.25. The Morgan fingerprint density at radius 3 is 2.25 bits per heavy atom. The van der Waals surface area contributed by atoms with Crippen molar-refractivity contribution < 1.29 is 14.2 Å². The summed E-state index contributed by atoms with van der Waals surface area (Å²) in [5.41, 5.74) is 0. The Balaban J connectivity index is 2.58. The molecule has 1 aliphatic rings. The normalized spacial score (nSPS) is 42.0. The van der Waals surface area contributed by atoms with Crippen molar-refractivity contribution >= 4 is 0 Å². The highest BCUT2D eigenvalue weighted by molar-refractivity contribution is 4.83. The highest BCUT2D eigenvalue weighted by atomic mass is 16.7. The van der Waals surface area contributed by atoms with E-state index in [4.69, 9.17) is 14.2 Å². The molecule has 0 N–H and O–H groups in total.